The first kappa shape index (κ1) is 34.2. The molecule has 2 amide bonds. The number of hydrogen-bond acceptors (Lipinski definition) is 10. The number of tetrazole rings is 1. The van der Waals surface area contributed by atoms with Gasteiger partial charge in [0.15, 0.2) is 6.29 Å². The number of unbranched alkanes of at least 4 members (excludes halogenated alkanes) is 2. The topological polar surface area (TPSA) is 161 Å². The number of benzene rings is 3. The van der Waals surface area contributed by atoms with Gasteiger partial charge in [0.1, 0.15) is 0 Å². The summed E-state index contributed by atoms with van der Waals surface area (Å²) in [5, 5.41) is 33.5. The van der Waals surface area contributed by atoms with E-state index in [1.165, 1.54) is 11.8 Å². The first-order chi connectivity index (χ1) is 22.9. The second-order valence-corrected chi connectivity index (χ2v) is 12.4. The van der Waals surface area contributed by atoms with Crippen molar-refractivity contribution >= 4 is 23.6 Å². The Balaban J connectivity index is 1.24. The van der Waals surface area contributed by atoms with Crippen molar-refractivity contribution in [2.24, 2.45) is 7.05 Å². The molecular formula is C34H40N6O6S. The second-order valence-electron chi connectivity index (χ2n) is 11.4. The standard InChI is InChI=1S/C34H40N6O6S/c1-40-34(36-38-39-40)47-22-29-19-30(25-15-13-23(21-41)14-16-25)46-33(45-29)28-10-6-9-27(18-28)26-8-5-7-24(17-26)20-35-31(42)11-3-2-4-12-32(43)37-44/h5-10,13-18,29-30,33,41,44H,2-4,11-12,19-22H2,1H3,(H,35,42)(H,37,43)/t29-,30+,33+/m1/s1. The summed E-state index contributed by atoms with van der Waals surface area (Å²) in [6, 6.07) is 24.0. The molecule has 1 saturated heterocycles. The molecule has 1 aliphatic heterocycles. The van der Waals surface area contributed by atoms with Gasteiger partial charge in [-0.25, -0.2) is 10.2 Å². The van der Waals surface area contributed by atoms with Crippen LogP contribution in [0, 0.1) is 0 Å². The summed E-state index contributed by atoms with van der Waals surface area (Å²) in [6.45, 7) is 0.392. The van der Waals surface area contributed by atoms with E-state index in [0.29, 0.717) is 43.1 Å². The summed E-state index contributed by atoms with van der Waals surface area (Å²) >= 11 is 1.54. The van der Waals surface area contributed by atoms with Crippen LogP contribution in [-0.4, -0.2) is 54.2 Å². The van der Waals surface area contributed by atoms with Crippen molar-refractivity contribution in [1.29, 1.82) is 0 Å². The Hall–Kier alpha value is -4.14. The number of carbonyl (C=O) groups is 2. The van der Waals surface area contributed by atoms with E-state index in [-0.39, 0.29) is 31.1 Å². The molecular weight excluding hydrogens is 620 g/mol. The zero-order chi connectivity index (χ0) is 33.0. The van der Waals surface area contributed by atoms with Crippen LogP contribution in [0.15, 0.2) is 78.0 Å². The lowest BCUT2D eigenvalue weighted by molar-refractivity contribution is -0.245. The van der Waals surface area contributed by atoms with E-state index < -0.39 is 12.2 Å². The maximum Gasteiger partial charge on any atom is 0.243 e. The Labute approximate surface area is 277 Å². The van der Waals surface area contributed by atoms with Crippen molar-refractivity contribution in [3.63, 3.8) is 0 Å². The van der Waals surface area contributed by atoms with Crippen molar-refractivity contribution in [3.8, 4) is 11.1 Å². The highest BCUT2D eigenvalue weighted by atomic mass is 32.2. The Morgan fingerprint density at radius 1 is 0.915 bits per heavy atom. The minimum absolute atomic E-state index is 0.0159. The maximum absolute atomic E-state index is 12.4. The number of amides is 2. The fourth-order valence-electron chi connectivity index (χ4n) is 5.35. The van der Waals surface area contributed by atoms with Gasteiger partial charge in [0.25, 0.3) is 0 Å². The molecule has 0 aliphatic carbocycles. The molecule has 0 radical (unpaired) electrons. The van der Waals surface area contributed by atoms with Gasteiger partial charge in [-0.2, -0.15) is 0 Å². The molecule has 0 bridgehead atoms. The van der Waals surface area contributed by atoms with Crippen molar-refractivity contribution in [1.82, 2.24) is 31.0 Å². The fourth-order valence-corrected chi connectivity index (χ4v) is 6.22. The van der Waals surface area contributed by atoms with Crippen LogP contribution in [0.4, 0.5) is 0 Å². The average molecular weight is 661 g/mol. The van der Waals surface area contributed by atoms with E-state index in [2.05, 4.69) is 33.0 Å². The van der Waals surface area contributed by atoms with Gasteiger partial charge in [-0.15, -0.1) is 5.10 Å². The van der Waals surface area contributed by atoms with Crippen molar-refractivity contribution in [2.45, 2.75) is 75.3 Å². The highest BCUT2D eigenvalue weighted by Crippen LogP contribution is 2.40. The van der Waals surface area contributed by atoms with Crippen molar-refractivity contribution in [2.75, 3.05) is 5.75 Å². The van der Waals surface area contributed by atoms with Gasteiger partial charge in [-0.3, -0.25) is 14.8 Å². The number of aliphatic hydroxyl groups excluding tert-OH is 1. The third-order valence-corrected chi connectivity index (χ3v) is 9.08. The molecule has 13 heteroatoms. The van der Waals surface area contributed by atoms with Gasteiger partial charge in [0, 0.05) is 44.2 Å². The summed E-state index contributed by atoms with van der Waals surface area (Å²) < 4.78 is 14.7. The van der Waals surface area contributed by atoms with E-state index in [9.17, 15) is 14.7 Å². The van der Waals surface area contributed by atoms with Crippen LogP contribution in [0.5, 0.6) is 0 Å². The quantitative estimate of drug-likeness (QED) is 0.0605. The molecule has 248 valence electrons. The molecule has 2 heterocycles. The summed E-state index contributed by atoms with van der Waals surface area (Å²) in [6.07, 6.45) is 2.37. The van der Waals surface area contributed by atoms with E-state index in [1.54, 1.807) is 10.2 Å². The number of carbonyl (C=O) groups excluding carboxylic acids is 2. The number of hydrogen-bond donors (Lipinski definition) is 4. The van der Waals surface area contributed by atoms with E-state index in [1.807, 2.05) is 67.7 Å². The summed E-state index contributed by atoms with van der Waals surface area (Å²) in [7, 11) is 1.81. The molecule has 1 fully saturated rings. The van der Waals surface area contributed by atoms with Crippen LogP contribution < -0.4 is 10.8 Å². The summed E-state index contributed by atoms with van der Waals surface area (Å²) in [4.78, 5) is 23.5. The van der Waals surface area contributed by atoms with Crippen molar-refractivity contribution < 1.29 is 29.4 Å². The lowest BCUT2D eigenvalue weighted by Crippen LogP contribution is -2.31. The molecule has 12 nitrogen and oxygen atoms in total. The number of hydroxylamine groups is 1. The number of aromatic nitrogens is 4. The van der Waals surface area contributed by atoms with Gasteiger partial charge in [0.05, 0.1) is 18.8 Å². The molecule has 3 atom stereocenters. The number of nitrogens with zero attached hydrogens (tertiary/aromatic N) is 4. The molecule has 4 aromatic rings. The Morgan fingerprint density at radius 2 is 1.66 bits per heavy atom. The van der Waals surface area contributed by atoms with Crippen molar-refractivity contribution in [3.05, 3.63) is 95.1 Å². The normalized spacial score (nSPS) is 17.7. The summed E-state index contributed by atoms with van der Waals surface area (Å²) in [5.41, 5.74) is 7.36. The first-order valence-electron chi connectivity index (χ1n) is 15.7. The highest BCUT2D eigenvalue weighted by molar-refractivity contribution is 7.99. The predicted octanol–water partition coefficient (Wildman–Crippen LogP) is 4.78. The van der Waals surface area contributed by atoms with Crippen LogP contribution in [0.2, 0.25) is 0 Å². The van der Waals surface area contributed by atoms with Crippen LogP contribution in [0.1, 0.15) is 73.2 Å². The van der Waals surface area contributed by atoms with E-state index in [0.717, 1.165) is 39.8 Å². The molecule has 0 saturated carbocycles. The number of aryl methyl sites for hydroxylation is 1. The smallest absolute Gasteiger partial charge is 0.243 e. The van der Waals surface area contributed by atoms with E-state index in [4.69, 9.17) is 14.7 Å². The zero-order valence-corrected chi connectivity index (χ0v) is 27.1. The van der Waals surface area contributed by atoms with Gasteiger partial charge < -0.3 is 19.9 Å². The lowest BCUT2D eigenvalue weighted by Gasteiger charge is -2.36. The number of rotatable bonds is 15. The zero-order valence-electron chi connectivity index (χ0n) is 26.2. The number of nitrogens with one attached hydrogen (secondary N) is 2. The first-order valence-corrected chi connectivity index (χ1v) is 16.6. The van der Waals surface area contributed by atoms with Crippen LogP contribution in [0.25, 0.3) is 11.1 Å². The largest absolute Gasteiger partial charge is 0.392 e. The third-order valence-electron chi connectivity index (χ3n) is 7.94. The third kappa shape index (κ3) is 9.92. The second kappa shape index (κ2) is 17.1. The fraction of sp³-hybridized carbons (Fsp3) is 0.382. The SMILES string of the molecule is Cn1nnnc1SC[C@H]1C[C@@H](c2ccc(CO)cc2)O[C@@H](c2cccc(-c3cccc(CNC(=O)CCCCCC(=O)NO)c3)c2)O1. The summed E-state index contributed by atoms with van der Waals surface area (Å²) in [5.74, 6) is 0.191. The Kier molecular flexibility index (Phi) is 12.5. The van der Waals surface area contributed by atoms with Gasteiger partial charge >= 0.3 is 0 Å². The van der Waals surface area contributed by atoms with Crippen LogP contribution in [0.3, 0.4) is 0 Å². The molecule has 0 unspecified atom stereocenters. The molecule has 1 aromatic heterocycles. The molecule has 47 heavy (non-hydrogen) atoms. The van der Waals surface area contributed by atoms with Crippen LogP contribution in [-0.2, 0) is 39.3 Å². The monoisotopic (exact) mass is 660 g/mol. The number of aliphatic hydroxyl groups is 1. The molecule has 3 aromatic carbocycles. The predicted molar refractivity (Wildman–Crippen MR) is 175 cm³/mol. The number of thioether (sulfide) groups is 1. The van der Waals surface area contributed by atoms with Crippen LogP contribution >= 0.6 is 11.8 Å². The highest BCUT2D eigenvalue weighted by Gasteiger charge is 2.32. The van der Waals surface area contributed by atoms with Gasteiger partial charge in [-0.05, 0) is 63.2 Å². The molecule has 4 N–H and O–H groups in total. The molecule has 5 rings (SSSR count). The minimum Gasteiger partial charge on any atom is -0.392 e. The van der Waals surface area contributed by atoms with E-state index >= 15 is 0 Å². The van der Waals surface area contributed by atoms with Gasteiger partial charge in [0.2, 0.25) is 17.0 Å². The minimum atomic E-state index is -0.602. The molecule has 1 aliphatic rings. The Morgan fingerprint density at radius 3 is 2.38 bits per heavy atom. The number of ether oxygens (including phenoxy) is 2. The maximum atomic E-state index is 12.4. The Bertz CT molecular complexity index is 1620. The lowest BCUT2D eigenvalue weighted by atomic mass is 9.99. The molecule has 0 spiro atoms. The average Bonchev–Trinajstić information content (AvgIpc) is 3.53. The van der Waals surface area contributed by atoms with Gasteiger partial charge in [-0.1, -0.05) is 78.8 Å².